The first-order chi connectivity index (χ1) is 7.63. The molecule has 2 nitrogen and oxygen atoms in total. The summed E-state index contributed by atoms with van der Waals surface area (Å²) in [6.45, 7) is 3.98. The summed E-state index contributed by atoms with van der Waals surface area (Å²) >= 11 is 0. The molecule has 2 N–H and O–H groups in total. The molecule has 0 radical (unpaired) electrons. The van der Waals surface area contributed by atoms with Crippen LogP contribution in [-0.2, 0) is 0 Å². The van der Waals surface area contributed by atoms with E-state index >= 15 is 0 Å². The molecule has 0 heterocycles. The number of benzene rings is 1. The Hall–Kier alpha value is -0.930. The van der Waals surface area contributed by atoms with Crippen molar-refractivity contribution in [2.24, 2.45) is 5.73 Å². The number of nitrogens with zero attached hydrogens (tertiary/aromatic N) is 1. The first kappa shape index (κ1) is 13.1. The lowest BCUT2D eigenvalue weighted by Gasteiger charge is -2.21. The highest BCUT2D eigenvalue weighted by Gasteiger charge is 2.09. The van der Waals surface area contributed by atoms with E-state index in [0.29, 0.717) is 0 Å². The van der Waals surface area contributed by atoms with Crippen molar-refractivity contribution >= 4 is 0 Å². The summed E-state index contributed by atoms with van der Waals surface area (Å²) in [5.74, 6) is -0.218. The summed E-state index contributed by atoms with van der Waals surface area (Å²) in [5, 5.41) is 0. The maximum Gasteiger partial charge on any atom is 0.123 e. The van der Waals surface area contributed by atoms with Crippen LogP contribution in [0.3, 0.4) is 0 Å². The van der Waals surface area contributed by atoms with Crippen LogP contribution in [0.4, 0.5) is 4.39 Å². The van der Waals surface area contributed by atoms with Gasteiger partial charge in [0.05, 0.1) is 0 Å². The lowest BCUT2D eigenvalue weighted by Crippen LogP contribution is -2.29. The fourth-order valence-corrected chi connectivity index (χ4v) is 1.70. The topological polar surface area (TPSA) is 29.3 Å². The van der Waals surface area contributed by atoms with E-state index in [9.17, 15) is 4.39 Å². The van der Waals surface area contributed by atoms with Crippen molar-refractivity contribution in [1.82, 2.24) is 4.90 Å². The third-order valence-electron chi connectivity index (χ3n) is 2.68. The van der Waals surface area contributed by atoms with Crippen molar-refractivity contribution in [2.45, 2.75) is 25.8 Å². The summed E-state index contributed by atoms with van der Waals surface area (Å²) in [5.41, 5.74) is 6.89. The Balaban J connectivity index is 2.48. The maximum absolute atomic E-state index is 13.0. The third-order valence-corrected chi connectivity index (χ3v) is 2.68. The molecular formula is C13H21FN2. The molecule has 90 valence electrons. The van der Waals surface area contributed by atoms with Crippen LogP contribution in [0.2, 0.25) is 0 Å². The SMILES string of the molecule is CCCCN(C)CC(N)c1cccc(F)c1. The molecule has 1 aromatic rings. The molecule has 0 saturated carbocycles. The first-order valence-corrected chi connectivity index (χ1v) is 5.83. The Morgan fingerprint density at radius 2 is 2.19 bits per heavy atom. The van der Waals surface area contributed by atoms with Gasteiger partial charge in [0.25, 0.3) is 0 Å². The number of unbranched alkanes of at least 4 members (excludes halogenated alkanes) is 1. The minimum atomic E-state index is -0.218. The van der Waals surface area contributed by atoms with Crippen LogP contribution in [0.25, 0.3) is 0 Å². The Labute approximate surface area is 97.3 Å². The van der Waals surface area contributed by atoms with Crippen molar-refractivity contribution in [3.05, 3.63) is 35.6 Å². The highest BCUT2D eigenvalue weighted by molar-refractivity contribution is 5.20. The number of rotatable bonds is 6. The molecule has 1 atom stereocenters. The Kier molecular flexibility index (Phi) is 5.43. The average Bonchev–Trinajstić information content (AvgIpc) is 2.26. The van der Waals surface area contributed by atoms with Gasteiger partial charge in [-0.3, -0.25) is 0 Å². The second-order valence-electron chi connectivity index (χ2n) is 4.28. The molecule has 1 aromatic carbocycles. The van der Waals surface area contributed by atoms with Gasteiger partial charge in [0, 0.05) is 12.6 Å². The van der Waals surface area contributed by atoms with Gasteiger partial charge in [-0.15, -0.1) is 0 Å². The lowest BCUT2D eigenvalue weighted by molar-refractivity contribution is 0.307. The van der Waals surface area contributed by atoms with Gasteiger partial charge in [-0.25, -0.2) is 4.39 Å². The molecule has 16 heavy (non-hydrogen) atoms. The smallest absolute Gasteiger partial charge is 0.123 e. The van der Waals surface area contributed by atoms with Gasteiger partial charge >= 0.3 is 0 Å². The van der Waals surface area contributed by atoms with E-state index < -0.39 is 0 Å². The van der Waals surface area contributed by atoms with Gasteiger partial charge in [0.15, 0.2) is 0 Å². The van der Waals surface area contributed by atoms with Gasteiger partial charge in [0.1, 0.15) is 5.82 Å². The predicted molar refractivity (Wildman–Crippen MR) is 65.7 cm³/mol. The number of nitrogens with two attached hydrogens (primary N) is 1. The van der Waals surface area contributed by atoms with Crippen molar-refractivity contribution in [3.8, 4) is 0 Å². The van der Waals surface area contributed by atoms with Crippen molar-refractivity contribution in [1.29, 1.82) is 0 Å². The van der Waals surface area contributed by atoms with Gasteiger partial charge < -0.3 is 10.6 Å². The molecule has 0 fully saturated rings. The van der Waals surface area contributed by atoms with Crippen LogP contribution in [0.1, 0.15) is 31.4 Å². The molecule has 1 unspecified atom stereocenters. The molecule has 0 amide bonds. The molecule has 1 rings (SSSR count). The monoisotopic (exact) mass is 224 g/mol. The van der Waals surface area contributed by atoms with Crippen LogP contribution in [-0.4, -0.2) is 25.0 Å². The summed E-state index contributed by atoms with van der Waals surface area (Å²) in [6, 6.07) is 6.42. The summed E-state index contributed by atoms with van der Waals surface area (Å²) in [7, 11) is 2.05. The molecule has 0 spiro atoms. The summed E-state index contributed by atoms with van der Waals surface area (Å²) < 4.78 is 13.0. The fraction of sp³-hybridized carbons (Fsp3) is 0.538. The fourth-order valence-electron chi connectivity index (χ4n) is 1.70. The van der Waals surface area contributed by atoms with Crippen molar-refractivity contribution < 1.29 is 4.39 Å². The number of halogens is 1. The second-order valence-corrected chi connectivity index (χ2v) is 4.28. The number of likely N-dealkylation sites (N-methyl/N-ethyl adjacent to an activating group) is 1. The standard InChI is InChI=1S/C13H21FN2/c1-3-4-8-16(2)10-13(15)11-6-5-7-12(14)9-11/h5-7,9,13H,3-4,8,10,15H2,1-2H3. The predicted octanol–water partition coefficient (Wildman–Crippen LogP) is 2.56. The molecule has 0 saturated heterocycles. The zero-order valence-electron chi connectivity index (χ0n) is 10.1. The first-order valence-electron chi connectivity index (χ1n) is 5.83. The second kappa shape index (κ2) is 6.61. The summed E-state index contributed by atoms with van der Waals surface area (Å²) in [4.78, 5) is 2.19. The molecule has 0 aromatic heterocycles. The van der Waals surface area contributed by atoms with Gasteiger partial charge in [0.2, 0.25) is 0 Å². The highest BCUT2D eigenvalue weighted by atomic mass is 19.1. The van der Waals surface area contributed by atoms with Crippen molar-refractivity contribution in [3.63, 3.8) is 0 Å². The van der Waals surface area contributed by atoms with Gasteiger partial charge in [-0.05, 0) is 37.7 Å². The third kappa shape index (κ3) is 4.29. The Morgan fingerprint density at radius 1 is 1.44 bits per heavy atom. The van der Waals surface area contributed by atoms with Crippen molar-refractivity contribution in [2.75, 3.05) is 20.1 Å². The molecule has 0 aliphatic carbocycles. The Bertz CT molecular complexity index is 315. The van der Waals surface area contributed by atoms with E-state index in [1.54, 1.807) is 6.07 Å². The zero-order chi connectivity index (χ0) is 12.0. The van der Waals surface area contributed by atoms with E-state index in [1.807, 2.05) is 6.07 Å². The van der Waals surface area contributed by atoms with Crippen LogP contribution in [0.15, 0.2) is 24.3 Å². The van der Waals surface area contributed by atoms with Gasteiger partial charge in [-0.2, -0.15) is 0 Å². The van der Waals surface area contributed by atoms with E-state index in [0.717, 1.165) is 18.7 Å². The minimum absolute atomic E-state index is 0.113. The van der Waals surface area contributed by atoms with E-state index in [-0.39, 0.29) is 11.9 Å². The number of hydrogen-bond acceptors (Lipinski definition) is 2. The quantitative estimate of drug-likeness (QED) is 0.804. The average molecular weight is 224 g/mol. The zero-order valence-corrected chi connectivity index (χ0v) is 10.1. The van der Waals surface area contributed by atoms with Crippen LogP contribution in [0.5, 0.6) is 0 Å². The molecule has 0 aliphatic rings. The number of hydrogen-bond donors (Lipinski definition) is 1. The maximum atomic E-state index is 13.0. The molecule has 0 aliphatic heterocycles. The van der Waals surface area contributed by atoms with E-state index in [4.69, 9.17) is 5.73 Å². The Morgan fingerprint density at radius 3 is 2.81 bits per heavy atom. The van der Waals surface area contributed by atoms with Crippen LogP contribution < -0.4 is 5.73 Å². The lowest BCUT2D eigenvalue weighted by atomic mass is 10.1. The normalized spacial score (nSPS) is 13.1. The van der Waals surface area contributed by atoms with E-state index in [1.165, 1.54) is 25.0 Å². The minimum Gasteiger partial charge on any atom is -0.323 e. The molecular weight excluding hydrogens is 203 g/mol. The molecule has 0 bridgehead atoms. The molecule has 3 heteroatoms. The summed E-state index contributed by atoms with van der Waals surface area (Å²) in [6.07, 6.45) is 2.35. The highest BCUT2D eigenvalue weighted by Crippen LogP contribution is 2.12. The van der Waals surface area contributed by atoms with Crippen LogP contribution in [0, 0.1) is 5.82 Å². The van der Waals surface area contributed by atoms with E-state index in [2.05, 4.69) is 18.9 Å². The largest absolute Gasteiger partial charge is 0.323 e. The van der Waals surface area contributed by atoms with Crippen LogP contribution >= 0.6 is 0 Å². The van der Waals surface area contributed by atoms with Gasteiger partial charge in [-0.1, -0.05) is 25.5 Å².